The lowest BCUT2D eigenvalue weighted by Crippen LogP contribution is -2.14. The molecular formula is C22H25NO3. The number of ether oxygens (including phenoxy) is 1. The summed E-state index contributed by atoms with van der Waals surface area (Å²) in [7, 11) is 0. The van der Waals surface area contributed by atoms with Crippen LogP contribution >= 0.6 is 0 Å². The highest BCUT2D eigenvalue weighted by atomic mass is 16.5. The number of anilines is 1. The normalized spacial score (nSPS) is 13.0. The Hall–Kier alpha value is -2.62. The first-order chi connectivity index (χ1) is 12.7. The van der Waals surface area contributed by atoms with Gasteiger partial charge in [0, 0.05) is 24.1 Å². The van der Waals surface area contributed by atoms with Crippen molar-refractivity contribution in [3.8, 4) is 5.75 Å². The van der Waals surface area contributed by atoms with Gasteiger partial charge in [-0.15, -0.1) is 0 Å². The third-order valence-electron chi connectivity index (χ3n) is 4.70. The molecule has 1 aliphatic carbocycles. The molecule has 0 radical (unpaired) electrons. The average molecular weight is 351 g/mol. The van der Waals surface area contributed by atoms with Crippen LogP contribution < -0.4 is 10.1 Å². The summed E-state index contributed by atoms with van der Waals surface area (Å²) in [6.45, 7) is 2.53. The highest BCUT2D eigenvalue weighted by Crippen LogP contribution is 2.23. The third kappa shape index (κ3) is 4.72. The van der Waals surface area contributed by atoms with Crippen molar-refractivity contribution in [3.05, 3.63) is 59.2 Å². The molecule has 0 atom stereocenters. The minimum atomic E-state index is -0.152. The lowest BCUT2D eigenvalue weighted by molar-refractivity contribution is -0.116. The monoisotopic (exact) mass is 351 g/mol. The van der Waals surface area contributed by atoms with Crippen LogP contribution in [-0.4, -0.2) is 18.3 Å². The molecule has 0 unspecified atom stereocenters. The summed E-state index contributed by atoms with van der Waals surface area (Å²) in [5.41, 5.74) is 4.08. The number of hydrogen-bond acceptors (Lipinski definition) is 3. The fourth-order valence-electron chi connectivity index (χ4n) is 3.30. The summed E-state index contributed by atoms with van der Waals surface area (Å²) < 4.78 is 5.38. The lowest BCUT2D eigenvalue weighted by atomic mass is 9.89. The number of benzene rings is 2. The van der Waals surface area contributed by atoms with E-state index in [2.05, 4.69) is 11.4 Å². The average Bonchev–Trinajstić information content (AvgIpc) is 2.67. The number of aryl methyl sites for hydroxylation is 2. The van der Waals surface area contributed by atoms with Gasteiger partial charge in [-0.05, 0) is 74.1 Å². The molecule has 0 heterocycles. The van der Waals surface area contributed by atoms with Gasteiger partial charge in [-0.3, -0.25) is 9.59 Å². The molecule has 2 aromatic carbocycles. The molecule has 3 rings (SSSR count). The first-order valence-electron chi connectivity index (χ1n) is 9.33. The fraction of sp³-hybridized carbons (Fsp3) is 0.364. The number of carbonyl (C=O) groups is 2. The van der Waals surface area contributed by atoms with Crippen LogP contribution in [0.1, 0.15) is 54.1 Å². The van der Waals surface area contributed by atoms with Gasteiger partial charge in [0.2, 0.25) is 5.91 Å². The molecule has 4 heteroatoms. The largest absolute Gasteiger partial charge is 0.494 e. The van der Waals surface area contributed by atoms with E-state index in [1.807, 2.05) is 31.2 Å². The van der Waals surface area contributed by atoms with Crippen molar-refractivity contribution >= 4 is 17.4 Å². The molecule has 0 aliphatic heterocycles. The van der Waals surface area contributed by atoms with Crippen LogP contribution in [0.3, 0.4) is 0 Å². The number of rotatable bonds is 7. The number of carbonyl (C=O) groups excluding carboxylic acids is 2. The van der Waals surface area contributed by atoms with Crippen molar-refractivity contribution in [2.24, 2.45) is 0 Å². The van der Waals surface area contributed by atoms with Gasteiger partial charge in [-0.1, -0.05) is 12.1 Å². The molecule has 1 aliphatic rings. The van der Waals surface area contributed by atoms with Crippen LogP contribution in [0.5, 0.6) is 5.75 Å². The number of amides is 1. The Bertz CT molecular complexity index is 780. The molecule has 26 heavy (non-hydrogen) atoms. The van der Waals surface area contributed by atoms with Crippen molar-refractivity contribution in [3.63, 3.8) is 0 Å². The quantitative estimate of drug-likeness (QED) is 0.744. The van der Waals surface area contributed by atoms with Gasteiger partial charge in [0.05, 0.1) is 6.61 Å². The van der Waals surface area contributed by atoms with Crippen molar-refractivity contribution in [2.75, 3.05) is 11.9 Å². The molecule has 4 nitrogen and oxygen atoms in total. The zero-order valence-corrected chi connectivity index (χ0v) is 15.2. The number of fused-ring (bicyclic) bond motifs is 1. The Balaban J connectivity index is 1.51. The van der Waals surface area contributed by atoms with E-state index in [1.165, 1.54) is 24.0 Å². The van der Waals surface area contributed by atoms with Crippen molar-refractivity contribution < 1.29 is 14.3 Å². The molecule has 0 spiro atoms. The minimum Gasteiger partial charge on any atom is -0.494 e. The number of hydrogen-bond donors (Lipinski definition) is 1. The number of Topliss-reactive ketones (excluding diaryl/α,β-unsaturated/α-hetero) is 1. The second kappa shape index (κ2) is 8.65. The second-order valence-corrected chi connectivity index (χ2v) is 6.62. The molecule has 136 valence electrons. The van der Waals surface area contributed by atoms with Crippen LogP contribution in [0.2, 0.25) is 0 Å². The second-order valence-electron chi connectivity index (χ2n) is 6.62. The zero-order valence-electron chi connectivity index (χ0n) is 15.2. The van der Waals surface area contributed by atoms with Crippen LogP contribution in [0, 0.1) is 0 Å². The zero-order chi connectivity index (χ0) is 18.4. The van der Waals surface area contributed by atoms with Gasteiger partial charge in [0.25, 0.3) is 0 Å². The maximum atomic E-state index is 12.4. The SMILES string of the molecule is CCOc1ccc(NC(=O)CCC(=O)c2ccc3c(c2)CCCC3)cc1. The van der Waals surface area contributed by atoms with Gasteiger partial charge in [-0.25, -0.2) is 0 Å². The van der Waals surface area contributed by atoms with Crippen LogP contribution in [0.25, 0.3) is 0 Å². The molecule has 1 N–H and O–H groups in total. The van der Waals surface area contributed by atoms with E-state index in [9.17, 15) is 9.59 Å². The first-order valence-corrected chi connectivity index (χ1v) is 9.33. The molecule has 0 aromatic heterocycles. The first kappa shape index (κ1) is 18.2. The van der Waals surface area contributed by atoms with E-state index in [0.29, 0.717) is 12.3 Å². The predicted molar refractivity (Wildman–Crippen MR) is 103 cm³/mol. The van der Waals surface area contributed by atoms with Gasteiger partial charge in [0.15, 0.2) is 5.78 Å². The summed E-state index contributed by atoms with van der Waals surface area (Å²) in [6.07, 6.45) is 4.98. The molecule has 2 aromatic rings. The van der Waals surface area contributed by atoms with E-state index >= 15 is 0 Å². The van der Waals surface area contributed by atoms with Gasteiger partial charge >= 0.3 is 0 Å². The summed E-state index contributed by atoms with van der Waals surface area (Å²) in [5, 5.41) is 2.82. The van der Waals surface area contributed by atoms with Crippen LogP contribution in [-0.2, 0) is 17.6 Å². The smallest absolute Gasteiger partial charge is 0.224 e. The van der Waals surface area contributed by atoms with E-state index in [0.717, 1.165) is 24.2 Å². The molecule has 1 amide bonds. The van der Waals surface area contributed by atoms with Crippen LogP contribution in [0.4, 0.5) is 5.69 Å². The number of ketones is 1. The van der Waals surface area contributed by atoms with Gasteiger partial charge in [0.1, 0.15) is 5.75 Å². The Morgan fingerprint density at radius 2 is 1.69 bits per heavy atom. The third-order valence-corrected chi connectivity index (χ3v) is 4.70. The minimum absolute atomic E-state index is 0.0280. The maximum absolute atomic E-state index is 12.4. The summed E-state index contributed by atoms with van der Waals surface area (Å²) in [4.78, 5) is 24.5. The van der Waals surface area contributed by atoms with Crippen molar-refractivity contribution in [2.45, 2.75) is 45.4 Å². The summed E-state index contributed by atoms with van der Waals surface area (Å²) in [5.74, 6) is 0.647. The highest BCUT2D eigenvalue weighted by molar-refractivity contribution is 6.00. The fourth-order valence-corrected chi connectivity index (χ4v) is 3.30. The molecule has 0 fully saturated rings. The van der Waals surface area contributed by atoms with E-state index < -0.39 is 0 Å². The summed E-state index contributed by atoms with van der Waals surface area (Å²) in [6, 6.07) is 13.2. The Morgan fingerprint density at radius 1 is 0.962 bits per heavy atom. The van der Waals surface area contributed by atoms with E-state index in [1.54, 1.807) is 12.1 Å². The van der Waals surface area contributed by atoms with Crippen molar-refractivity contribution in [1.29, 1.82) is 0 Å². The lowest BCUT2D eigenvalue weighted by Gasteiger charge is -2.16. The number of nitrogens with one attached hydrogen (secondary N) is 1. The van der Waals surface area contributed by atoms with Crippen molar-refractivity contribution in [1.82, 2.24) is 0 Å². The maximum Gasteiger partial charge on any atom is 0.224 e. The van der Waals surface area contributed by atoms with E-state index in [4.69, 9.17) is 4.74 Å². The highest BCUT2D eigenvalue weighted by Gasteiger charge is 2.14. The Kier molecular flexibility index (Phi) is 6.05. The predicted octanol–water partition coefficient (Wildman–Crippen LogP) is 4.57. The van der Waals surface area contributed by atoms with E-state index in [-0.39, 0.29) is 24.5 Å². The Morgan fingerprint density at radius 3 is 2.42 bits per heavy atom. The molecular weight excluding hydrogens is 326 g/mol. The van der Waals surface area contributed by atoms with Gasteiger partial charge in [-0.2, -0.15) is 0 Å². The molecule has 0 bridgehead atoms. The van der Waals surface area contributed by atoms with Crippen LogP contribution in [0.15, 0.2) is 42.5 Å². The topological polar surface area (TPSA) is 55.4 Å². The Labute approximate surface area is 154 Å². The molecule has 0 saturated heterocycles. The molecule has 0 saturated carbocycles. The standard InChI is InChI=1S/C22H25NO3/c1-2-26-20-11-9-19(10-12-20)23-22(25)14-13-21(24)18-8-7-16-5-3-4-6-17(16)15-18/h7-12,15H,2-6,13-14H2,1H3,(H,23,25). The van der Waals surface area contributed by atoms with Gasteiger partial charge < -0.3 is 10.1 Å². The summed E-state index contributed by atoms with van der Waals surface area (Å²) >= 11 is 0.